The number of rotatable bonds is 7. The first-order valence-electron chi connectivity index (χ1n) is 13.8. The van der Waals surface area contributed by atoms with Crippen molar-refractivity contribution in [1.29, 1.82) is 0 Å². The SMILES string of the molecule is Cc1ccc(CCCC(C)C2=CC(O)(O)C3=C4CN(Cc5ccccc5)CCC4C(C)(C)OC3=C2)cc1. The van der Waals surface area contributed by atoms with Gasteiger partial charge in [0.2, 0.25) is 5.79 Å². The molecule has 2 aromatic carbocycles. The van der Waals surface area contributed by atoms with Crippen LogP contribution in [0.25, 0.3) is 0 Å². The van der Waals surface area contributed by atoms with Gasteiger partial charge in [0, 0.05) is 19.0 Å². The number of ether oxygens (including phenoxy) is 1. The number of hydrogen-bond donors (Lipinski definition) is 2. The molecular weight excluding hydrogens is 458 g/mol. The number of fused-ring (bicyclic) bond motifs is 2. The van der Waals surface area contributed by atoms with Gasteiger partial charge >= 0.3 is 0 Å². The predicted molar refractivity (Wildman–Crippen MR) is 149 cm³/mol. The second kappa shape index (κ2) is 10.2. The standard InChI is InChI=1S/C33H41NO3/c1-23-13-15-25(16-14-23)12-8-9-24(2)27-19-30-31(33(35,36)20-27)28-22-34(21-26-10-6-5-7-11-26)18-17-29(28)32(3,4)37-30/h5-7,10-11,13-16,19-20,24,29,35-36H,8-9,12,17-18,21-22H2,1-4H3. The summed E-state index contributed by atoms with van der Waals surface area (Å²) in [5, 5.41) is 22.8. The van der Waals surface area contributed by atoms with E-state index >= 15 is 0 Å². The number of nitrogens with zero attached hydrogens (tertiary/aromatic N) is 1. The van der Waals surface area contributed by atoms with Crippen molar-refractivity contribution in [3.63, 3.8) is 0 Å². The van der Waals surface area contributed by atoms with Crippen molar-refractivity contribution in [3.8, 4) is 0 Å². The highest BCUT2D eigenvalue weighted by Crippen LogP contribution is 2.49. The van der Waals surface area contributed by atoms with Crippen LogP contribution in [0.1, 0.15) is 56.7 Å². The minimum Gasteiger partial charge on any atom is -0.487 e. The van der Waals surface area contributed by atoms with Crippen LogP contribution in [-0.4, -0.2) is 39.6 Å². The molecule has 0 saturated carbocycles. The summed E-state index contributed by atoms with van der Waals surface area (Å²) in [5.41, 5.74) is 6.12. The zero-order valence-electron chi connectivity index (χ0n) is 22.7. The summed E-state index contributed by atoms with van der Waals surface area (Å²) in [5.74, 6) is -1.03. The van der Waals surface area contributed by atoms with E-state index in [1.54, 1.807) is 6.08 Å². The van der Waals surface area contributed by atoms with Gasteiger partial charge < -0.3 is 14.9 Å². The van der Waals surface area contributed by atoms with Crippen LogP contribution < -0.4 is 0 Å². The Bertz CT molecular complexity index is 1200. The molecule has 2 aliphatic heterocycles. The van der Waals surface area contributed by atoms with E-state index in [0.717, 1.165) is 56.5 Å². The molecule has 2 atom stereocenters. The van der Waals surface area contributed by atoms with E-state index in [2.05, 4.69) is 87.2 Å². The van der Waals surface area contributed by atoms with Crippen LogP contribution in [0.2, 0.25) is 0 Å². The Morgan fingerprint density at radius 1 is 1.03 bits per heavy atom. The van der Waals surface area contributed by atoms with Crippen LogP contribution >= 0.6 is 0 Å². The topological polar surface area (TPSA) is 52.9 Å². The van der Waals surface area contributed by atoms with Gasteiger partial charge in [0.05, 0.1) is 5.57 Å². The Hall–Kier alpha value is -2.66. The molecule has 0 aromatic heterocycles. The number of aryl methyl sites for hydroxylation is 2. The van der Waals surface area contributed by atoms with Gasteiger partial charge in [-0.2, -0.15) is 0 Å². The van der Waals surface area contributed by atoms with Crippen LogP contribution in [0.15, 0.2) is 89.2 Å². The molecule has 37 heavy (non-hydrogen) atoms. The van der Waals surface area contributed by atoms with Gasteiger partial charge in [-0.1, -0.05) is 67.1 Å². The molecule has 5 rings (SSSR count). The molecule has 1 fully saturated rings. The average Bonchev–Trinajstić information content (AvgIpc) is 2.84. The largest absolute Gasteiger partial charge is 0.487 e. The van der Waals surface area contributed by atoms with Crippen molar-refractivity contribution in [2.45, 2.75) is 71.3 Å². The van der Waals surface area contributed by atoms with Gasteiger partial charge in [0.1, 0.15) is 11.4 Å². The first-order chi connectivity index (χ1) is 17.6. The third-order valence-corrected chi connectivity index (χ3v) is 8.40. The third kappa shape index (κ3) is 5.62. The lowest BCUT2D eigenvalue weighted by molar-refractivity contribution is -0.108. The quantitative estimate of drug-likeness (QED) is 0.453. The van der Waals surface area contributed by atoms with E-state index in [1.165, 1.54) is 16.7 Å². The van der Waals surface area contributed by atoms with Crippen LogP contribution in [0.5, 0.6) is 0 Å². The van der Waals surface area contributed by atoms with Gasteiger partial charge in [-0.3, -0.25) is 4.90 Å². The van der Waals surface area contributed by atoms with Crippen LogP contribution in [0.4, 0.5) is 0 Å². The maximum Gasteiger partial charge on any atom is 0.214 e. The van der Waals surface area contributed by atoms with Crippen molar-refractivity contribution in [3.05, 3.63) is 106 Å². The minimum atomic E-state index is -2.02. The van der Waals surface area contributed by atoms with Crippen LogP contribution in [-0.2, 0) is 17.7 Å². The van der Waals surface area contributed by atoms with Gasteiger partial charge in [0.25, 0.3) is 0 Å². The normalized spacial score (nSPS) is 23.4. The fourth-order valence-electron chi connectivity index (χ4n) is 6.31. The first kappa shape index (κ1) is 26.0. The highest BCUT2D eigenvalue weighted by atomic mass is 16.5. The Kier molecular flexibility index (Phi) is 7.19. The average molecular weight is 500 g/mol. The minimum absolute atomic E-state index is 0.159. The monoisotopic (exact) mass is 499 g/mol. The molecule has 2 aromatic rings. The van der Waals surface area contributed by atoms with E-state index < -0.39 is 11.4 Å². The lowest BCUT2D eigenvalue weighted by Gasteiger charge is -2.50. The summed E-state index contributed by atoms with van der Waals surface area (Å²) in [4.78, 5) is 2.41. The number of allylic oxidation sites excluding steroid dienone is 2. The van der Waals surface area contributed by atoms with Crippen LogP contribution in [0, 0.1) is 18.8 Å². The van der Waals surface area contributed by atoms with E-state index in [-0.39, 0.29) is 11.8 Å². The summed E-state index contributed by atoms with van der Waals surface area (Å²) in [7, 11) is 0. The molecule has 2 heterocycles. The third-order valence-electron chi connectivity index (χ3n) is 8.40. The van der Waals surface area contributed by atoms with Gasteiger partial charge in [-0.25, -0.2) is 0 Å². The Morgan fingerprint density at radius 2 is 1.76 bits per heavy atom. The number of benzene rings is 2. The smallest absolute Gasteiger partial charge is 0.214 e. The predicted octanol–water partition coefficient (Wildman–Crippen LogP) is 6.09. The Morgan fingerprint density at radius 3 is 2.49 bits per heavy atom. The van der Waals surface area contributed by atoms with Gasteiger partial charge in [-0.15, -0.1) is 0 Å². The zero-order valence-corrected chi connectivity index (χ0v) is 22.7. The summed E-state index contributed by atoms with van der Waals surface area (Å²) in [6, 6.07) is 19.2. The van der Waals surface area contributed by atoms with Gasteiger partial charge in [0.15, 0.2) is 0 Å². The van der Waals surface area contributed by atoms with Crippen molar-refractivity contribution in [2.24, 2.45) is 11.8 Å². The fourth-order valence-corrected chi connectivity index (χ4v) is 6.31. The van der Waals surface area contributed by atoms with E-state index in [9.17, 15) is 10.2 Å². The van der Waals surface area contributed by atoms with E-state index in [0.29, 0.717) is 11.3 Å². The molecule has 4 heteroatoms. The highest BCUT2D eigenvalue weighted by molar-refractivity contribution is 5.52. The van der Waals surface area contributed by atoms with E-state index in [4.69, 9.17) is 4.74 Å². The number of piperidine rings is 1. The fraction of sp³-hybridized carbons (Fsp3) is 0.455. The summed E-state index contributed by atoms with van der Waals surface area (Å²) in [6.07, 6.45) is 7.71. The molecule has 196 valence electrons. The summed E-state index contributed by atoms with van der Waals surface area (Å²) in [6.45, 7) is 11.1. The summed E-state index contributed by atoms with van der Waals surface area (Å²) < 4.78 is 6.53. The van der Waals surface area contributed by atoms with Gasteiger partial charge in [-0.05, 0) is 93.3 Å². The Labute approximate surface area is 222 Å². The molecule has 1 aliphatic carbocycles. The molecule has 2 N–H and O–H groups in total. The second-order valence-electron chi connectivity index (χ2n) is 11.8. The van der Waals surface area contributed by atoms with Crippen LogP contribution in [0.3, 0.4) is 0 Å². The van der Waals surface area contributed by atoms with Crippen molar-refractivity contribution < 1.29 is 14.9 Å². The van der Waals surface area contributed by atoms with Crippen molar-refractivity contribution in [1.82, 2.24) is 4.90 Å². The molecule has 4 nitrogen and oxygen atoms in total. The van der Waals surface area contributed by atoms with Crippen molar-refractivity contribution in [2.75, 3.05) is 13.1 Å². The Balaban J connectivity index is 1.36. The molecule has 0 amide bonds. The highest BCUT2D eigenvalue weighted by Gasteiger charge is 2.49. The van der Waals surface area contributed by atoms with Crippen molar-refractivity contribution >= 4 is 0 Å². The maximum absolute atomic E-state index is 11.4. The lowest BCUT2D eigenvalue weighted by Crippen LogP contribution is -2.51. The molecule has 0 spiro atoms. The maximum atomic E-state index is 11.4. The zero-order chi connectivity index (χ0) is 26.2. The molecule has 1 saturated heterocycles. The molecule has 0 bridgehead atoms. The number of hydrogen-bond acceptors (Lipinski definition) is 4. The molecule has 3 aliphatic rings. The summed E-state index contributed by atoms with van der Waals surface area (Å²) >= 11 is 0. The molecular formula is C33H41NO3. The number of aliphatic hydroxyl groups is 2. The first-order valence-corrected chi connectivity index (χ1v) is 13.8. The second-order valence-corrected chi connectivity index (χ2v) is 11.8. The molecule has 0 radical (unpaired) electrons. The van der Waals surface area contributed by atoms with E-state index in [1.807, 2.05) is 6.07 Å². The number of likely N-dealkylation sites (tertiary alicyclic amines) is 1. The molecule has 2 unspecified atom stereocenters. The lowest BCUT2D eigenvalue weighted by atomic mass is 9.71.